The van der Waals surface area contributed by atoms with Crippen LogP contribution in [0.4, 0.5) is 5.82 Å². The number of H-pyrrole nitrogens is 1. The number of hydrogen-bond donors (Lipinski definition) is 2. The maximum absolute atomic E-state index is 13.3. The normalized spacial score (nSPS) is 18.3. The zero-order chi connectivity index (χ0) is 23.1. The first-order chi connectivity index (χ1) is 15.9. The van der Waals surface area contributed by atoms with Gasteiger partial charge < -0.3 is 20.1 Å². The molecule has 5 rings (SSSR count). The molecule has 172 valence electrons. The first kappa shape index (κ1) is 21.4. The minimum atomic E-state index is -0.0113. The summed E-state index contributed by atoms with van der Waals surface area (Å²) < 4.78 is 0. The van der Waals surface area contributed by atoms with Crippen LogP contribution >= 0.6 is 0 Å². The van der Waals surface area contributed by atoms with Gasteiger partial charge in [0.1, 0.15) is 17.3 Å². The Hall–Kier alpha value is -3.42. The van der Waals surface area contributed by atoms with Crippen molar-refractivity contribution in [1.29, 1.82) is 0 Å². The molecule has 0 bridgehead atoms. The Labute approximate surface area is 193 Å². The highest BCUT2D eigenvalue weighted by Crippen LogP contribution is 2.30. The minimum Gasteiger partial charge on any atom is -0.373 e. The predicted octanol–water partition coefficient (Wildman–Crippen LogP) is 3.23. The number of likely N-dealkylation sites (tertiary alicyclic amines) is 1. The molecule has 1 saturated heterocycles. The van der Waals surface area contributed by atoms with E-state index in [1.807, 2.05) is 35.0 Å². The molecular formula is C25H30N6O2. The van der Waals surface area contributed by atoms with Crippen LogP contribution in [0.5, 0.6) is 0 Å². The molecule has 2 N–H and O–H groups in total. The van der Waals surface area contributed by atoms with Gasteiger partial charge in [-0.3, -0.25) is 9.59 Å². The maximum atomic E-state index is 13.3. The molecule has 0 aliphatic carbocycles. The second-order valence-corrected chi connectivity index (χ2v) is 9.11. The molecule has 2 aliphatic rings. The lowest BCUT2D eigenvalue weighted by molar-refractivity contribution is -0.130. The average molecular weight is 447 g/mol. The third-order valence-corrected chi connectivity index (χ3v) is 6.95. The number of piperidine rings is 1. The molecule has 4 heterocycles. The number of fused-ring (bicyclic) bond motifs is 2. The van der Waals surface area contributed by atoms with E-state index in [9.17, 15) is 9.59 Å². The molecule has 8 heteroatoms. The summed E-state index contributed by atoms with van der Waals surface area (Å²) in [6.45, 7) is 6.19. The fraction of sp³-hybridized carbons (Fsp3) is 0.440. The third-order valence-electron chi connectivity index (χ3n) is 6.95. The predicted molar refractivity (Wildman–Crippen MR) is 127 cm³/mol. The zero-order valence-electron chi connectivity index (χ0n) is 19.4. The molecule has 0 unspecified atom stereocenters. The number of rotatable bonds is 3. The van der Waals surface area contributed by atoms with Gasteiger partial charge in [-0.15, -0.1) is 0 Å². The van der Waals surface area contributed by atoms with Gasteiger partial charge in [0.15, 0.2) is 0 Å². The van der Waals surface area contributed by atoms with E-state index >= 15 is 0 Å². The van der Waals surface area contributed by atoms with Crippen molar-refractivity contribution in [2.24, 2.45) is 0 Å². The lowest BCUT2D eigenvalue weighted by atomic mass is 9.96. The van der Waals surface area contributed by atoms with Crippen molar-refractivity contribution in [1.82, 2.24) is 24.8 Å². The summed E-state index contributed by atoms with van der Waals surface area (Å²) in [5, 5.41) is 4.30. The Morgan fingerprint density at radius 2 is 2.03 bits per heavy atom. The highest BCUT2D eigenvalue weighted by molar-refractivity contribution is 5.99. The van der Waals surface area contributed by atoms with E-state index in [4.69, 9.17) is 9.97 Å². The summed E-state index contributed by atoms with van der Waals surface area (Å²) in [5.74, 6) is 1.80. The van der Waals surface area contributed by atoms with Crippen molar-refractivity contribution in [3.63, 3.8) is 0 Å². The van der Waals surface area contributed by atoms with Crippen molar-refractivity contribution in [2.45, 2.75) is 45.6 Å². The van der Waals surface area contributed by atoms with Crippen LogP contribution < -0.4 is 5.32 Å². The molecule has 1 atom stereocenters. The Morgan fingerprint density at radius 3 is 2.79 bits per heavy atom. The molecule has 2 amide bonds. The van der Waals surface area contributed by atoms with Crippen LogP contribution in [0.1, 0.15) is 58.8 Å². The number of nitrogens with zero attached hydrogens (tertiary/aromatic N) is 4. The molecule has 0 radical (unpaired) electrons. The Bertz CT molecular complexity index is 1230. The fourth-order valence-electron chi connectivity index (χ4n) is 5.08. The molecular weight excluding hydrogens is 416 g/mol. The van der Waals surface area contributed by atoms with E-state index < -0.39 is 0 Å². The van der Waals surface area contributed by atoms with Crippen LogP contribution in [-0.2, 0) is 17.8 Å². The lowest BCUT2D eigenvalue weighted by Gasteiger charge is -2.33. The Balaban J connectivity index is 1.42. The van der Waals surface area contributed by atoms with Gasteiger partial charge in [-0.1, -0.05) is 12.1 Å². The smallest absolute Gasteiger partial charge is 0.270 e. The van der Waals surface area contributed by atoms with E-state index in [0.717, 1.165) is 58.8 Å². The van der Waals surface area contributed by atoms with Gasteiger partial charge in [-0.2, -0.15) is 0 Å². The molecule has 0 saturated carbocycles. The lowest BCUT2D eigenvalue weighted by Crippen LogP contribution is -2.39. The van der Waals surface area contributed by atoms with Crippen LogP contribution in [0, 0.1) is 6.92 Å². The number of hydrogen-bond acceptors (Lipinski definition) is 5. The van der Waals surface area contributed by atoms with Crippen LogP contribution in [-0.4, -0.2) is 63.2 Å². The quantitative estimate of drug-likeness (QED) is 0.644. The van der Waals surface area contributed by atoms with Crippen molar-refractivity contribution in [2.75, 3.05) is 32.0 Å². The number of amides is 2. The molecule has 1 aromatic carbocycles. The third kappa shape index (κ3) is 3.94. The maximum Gasteiger partial charge on any atom is 0.270 e. The molecule has 8 nitrogen and oxygen atoms in total. The standard InChI is InChI=1S/C25H30N6O2/c1-15-6-4-8-20-19(15)12-21(27-20)25(33)31-11-9-18-22(14-31)28-23(29-24(18)26-3)17-7-5-10-30(13-17)16(2)32/h4,6,8,12,17,27H,5,7,9-11,13-14H2,1-3H3,(H,26,28,29)/t17-/m0/s1. The molecule has 2 aromatic heterocycles. The Kier molecular flexibility index (Phi) is 5.52. The van der Waals surface area contributed by atoms with Crippen LogP contribution in [0.2, 0.25) is 0 Å². The highest BCUT2D eigenvalue weighted by atomic mass is 16.2. The summed E-state index contributed by atoms with van der Waals surface area (Å²) >= 11 is 0. The zero-order valence-corrected chi connectivity index (χ0v) is 19.4. The van der Waals surface area contributed by atoms with E-state index in [0.29, 0.717) is 31.7 Å². The van der Waals surface area contributed by atoms with Crippen LogP contribution in [0.25, 0.3) is 10.9 Å². The van der Waals surface area contributed by atoms with Gasteiger partial charge in [0.25, 0.3) is 5.91 Å². The fourth-order valence-corrected chi connectivity index (χ4v) is 5.08. The molecule has 0 spiro atoms. The van der Waals surface area contributed by atoms with E-state index in [1.54, 1.807) is 6.92 Å². The second kappa shape index (κ2) is 8.50. The van der Waals surface area contributed by atoms with Crippen molar-refractivity contribution in [3.05, 3.63) is 52.6 Å². The van der Waals surface area contributed by atoms with Gasteiger partial charge in [0.2, 0.25) is 5.91 Å². The summed E-state index contributed by atoms with van der Waals surface area (Å²) in [6.07, 6.45) is 2.62. The van der Waals surface area contributed by atoms with E-state index in [2.05, 4.69) is 23.3 Å². The van der Waals surface area contributed by atoms with Crippen molar-refractivity contribution in [3.8, 4) is 0 Å². The van der Waals surface area contributed by atoms with Gasteiger partial charge in [0, 0.05) is 56.0 Å². The molecule has 3 aromatic rings. The number of aromatic nitrogens is 3. The van der Waals surface area contributed by atoms with Crippen LogP contribution in [0.15, 0.2) is 24.3 Å². The molecule has 1 fully saturated rings. The summed E-state index contributed by atoms with van der Waals surface area (Å²) in [5.41, 5.74) is 4.71. The van der Waals surface area contributed by atoms with Crippen molar-refractivity contribution < 1.29 is 9.59 Å². The minimum absolute atomic E-state index is 0.0113. The topological polar surface area (TPSA) is 94.2 Å². The van der Waals surface area contributed by atoms with Gasteiger partial charge in [0.05, 0.1) is 12.2 Å². The number of benzene rings is 1. The monoisotopic (exact) mass is 446 g/mol. The second-order valence-electron chi connectivity index (χ2n) is 9.11. The van der Waals surface area contributed by atoms with Crippen molar-refractivity contribution >= 4 is 28.5 Å². The summed E-state index contributed by atoms with van der Waals surface area (Å²) in [4.78, 5) is 42.0. The largest absolute Gasteiger partial charge is 0.373 e. The van der Waals surface area contributed by atoms with Gasteiger partial charge >= 0.3 is 0 Å². The highest BCUT2D eigenvalue weighted by Gasteiger charge is 2.30. The van der Waals surface area contributed by atoms with E-state index in [1.165, 1.54) is 0 Å². The van der Waals surface area contributed by atoms with Crippen LogP contribution in [0.3, 0.4) is 0 Å². The average Bonchev–Trinajstić information content (AvgIpc) is 3.28. The first-order valence-electron chi connectivity index (χ1n) is 11.6. The first-order valence-corrected chi connectivity index (χ1v) is 11.6. The summed E-state index contributed by atoms with van der Waals surface area (Å²) in [6, 6.07) is 8.00. The van der Waals surface area contributed by atoms with E-state index in [-0.39, 0.29) is 17.7 Å². The Morgan fingerprint density at radius 1 is 1.18 bits per heavy atom. The molecule has 2 aliphatic heterocycles. The number of anilines is 1. The van der Waals surface area contributed by atoms with Gasteiger partial charge in [-0.05, 0) is 43.9 Å². The van der Waals surface area contributed by atoms with Gasteiger partial charge in [-0.25, -0.2) is 9.97 Å². The molecule has 33 heavy (non-hydrogen) atoms. The number of carbonyl (C=O) groups is 2. The SMILES string of the molecule is CNc1nc([C@H]2CCCN(C(C)=O)C2)nc2c1CCN(C(=O)c1cc3c(C)cccc3[nH]1)C2. The number of nitrogens with one attached hydrogen (secondary N) is 2. The summed E-state index contributed by atoms with van der Waals surface area (Å²) in [7, 11) is 1.87. The number of carbonyl (C=O) groups excluding carboxylic acids is 2. The number of aromatic amines is 1. The number of aryl methyl sites for hydroxylation is 1.